The van der Waals surface area contributed by atoms with Crippen molar-refractivity contribution in [1.82, 2.24) is 10.2 Å². The van der Waals surface area contributed by atoms with Gasteiger partial charge < -0.3 is 15.0 Å². The number of ether oxygens (including phenoxy) is 1. The number of hydrogen-bond acceptors (Lipinski definition) is 5. The van der Waals surface area contributed by atoms with Crippen LogP contribution in [-0.4, -0.2) is 51.9 Å². The Hall–Kier alpha value is -4.15. The fourth-order valence-electron chi connectivity index (χ4n) is 4.52. The van der Waals surface area contributed by atoms with Gasteiger partial charge in [-0.05, 0) is 47.5 Å². The molecular formula is C32H32BrN3O5S. The van der Waals surface area contributed by atoms with Gasteiger partial charge in [-0.3, -0.25) is 13.9 Å². The molecule has 0 aliphatic carbocycles. The van der Waals surface area contributed by atoms with Crippen LogP contribution in [0.15, 0.2) is 119 Å². The first-order valence-corrected chi connectivity index (χ1v) is 15.5. The summed E-state index contributed by atoms with van der Waals surface area (Å²) in [5.41, 5.74) is 1.91. The predicted octanol–water partition coefficient (Wildman–Crippen LogP) is 5.04. The summed E-state index contributed by atoms with van der Waals surface area (Å²) in [6.45, 7) is -0.447. The first-order chi connectivity index (χ1) is 20.2. The topological polar surface area (TPSA) is 96.0 Å². The summed E-state index contributed by atoms with van der Waals surface area (Å²) in [7, 11) is -1.17. The number of carbonyl (C=O) groups is 2. The van der Waals surface area contributed by atoms with E-state index in [4.69, 9.17) is 4.74 Å². The fourth-order valence-corrected chi connectivity index (χ4v) is 6.21. The summed E-state index contributed by atoms with van der Waals surface area (Å²) >= 11 is 3.43. The van der Waals surface area contributed by atoms with E-state index in [1.807, 2.05) is 54.6 Å². The molecule has 0 spiro atoms. The molecule has 4 aromatic carbocycles. The second kappa shape index (κ2) is 14.2. The molecule has 0 fully saturated rings. The number of amides is 2. The number of nitrogens with one attached hydrogen (secondary N) is 1. The Kier molecular flexibility index (Phi) is 10.4. The molecule has 0 unspecified atom stereocenters. The molecule has 0 aliphatic rings. The van der Waals surface area contributed by atoms with Crippen LogP contribution in [0, 0.1) is 0 Å². The molecular weight excluding hydrogens is 618 g/mol. The zero-order chi connectivity index (χ0) is 30.1. The third kappa shape index (κ3) is 7.57. The van der Waals surface area contributed by atoms with Gasteiger partial charge >= 0.3 is 0 Å². The Morgan fingerprint density at radius 2 is 1.50 bits per heavy atom. The SMILES string of the molecule is CNC(=O)[C@@H](Cc1ccccc1)N(Cc1ccc(Br)cc1)C(=O)CN(c1cccc(OC)c1)S(=O)(=O)c1ccccc1. The van der Waals surface area contributed by atoms with Gasteiger partial charge in [-0.25, -0.2) is 8.42 Å². The van der Waals surface area contributed by atoms with Gasteiger partial charge in [-0.15, -0.1) is 0 Å². The van der Waals surface area contributed by atoms with Crippen LogP contribution in [-0.2, 0) is 32.6 Å². The lowest BCUT2D eigenvalue weighted by atomic mass is 10.0. The van der Waals surface area contributed by atoms with Crippen LogP contribution in [0.2, 0.25) is 0 Å². The average Bonchev–Trinajstić information content (AvgIpc) is 3.02. The van der Waals surface area contributed by atoms with Crippen LogP contribution in [0.3, 0.4) is 0 Å². The van der Waals surface area contributed by atoms with Gasteiger partial charge in [0.25, 0.3) is 10.0 Å². The molecule has 4 rings (SSSR count). The average molecular weight is 651 g/mol. The highest BCUT2D eigenvalue weighted by atomic mass is 79.9. The highest BCUT2D eigenvalue weighted by Crippen LogP contribution is 2.28. The standard InChI is InChI=1S/C32H32BrN3O5S/c1-34-32(38)30(20-24-10-5-3-6-11-24)35(22-25-16-18-26(33)19-17-25)31(37)23-36(27-12-9-13-28(21-27)41-2)42(39,40)29-14-7-4-8-15-29/h3-19,21,30H,20,22-23H2,1-2H3,(H,34,38)/t30-/m1/s1. The quantitative estimate of drug-likeness (QED) is 0.232. The number of halogens is 1. The van der Waals surface area contributed by atoms with Crippen LogP contribution in [0.5, 0.6) is 5.75 Å². The zero-order valence-electron chi connectivity index (χ0n) is 23.3. The highest BCUT2D eigenvalue weighted by molar-refractivity contribution is 9.10. The molecule has 218 valence electrons. The molecule has 42 heavy (non-hydrogen) atoms. The fraction of sp³-hybridized carbons (Fsp3) is 0.188. The minimum absolute atomic E-state index is 0.0345. The summed E-state index contributed by atoms with van der Waals surface area (Å²) in [5.74, 6) is -0.458. The maximum atomic E-state index is 14.3. The minimum atomic E-state index is -4.17. The largest absolute Gasteiger partial charge is 0.497 e. The van der Waals surface area contributed by atoms with Crippen molar-refractivity contribution in [2.45, 2.75) is 23.9 Å². The normalized spacial score (nSPS) is 11.8. The van der Waals surface area contributed by atoms with E-state index in [1.54, 1.807) is 42.5 Å². The van der Waals surface area contributed by atoms with Gasteiger partial charge in [0.05, 0.1) is 17.7 Å². The van der Waals surface area contributed by atoms with Crippen molar-refractivity contribution in [3.05, 3.63) is 125 Å². The van der Waals surface area contributed by atoms with Crippen molar-refractivity contribution in [2.24, 2.45) is 0 Å². The molecule has 1 atom stereocenters. The van der Waals surface area contributed by atoms with Gasteiger partial charge in [0.1, 0.15) is 18.3 Å². The molecule has 0 saturated carbocycles. The maximum Gasteiger partial charge on any atom is 0.264 e. The van der Waals surface area contributed by atoms with Crippen molar-refractivity contribution in [3.8, 4) is 5.75 Å². The van der Waals surface area contributed by atoms with E-state index in [2.05, 4.69) is 21.2 Å². The second-order valence-corrected chi connectivity index (χ2v) is 12.3. The molecule has 1 N–H and O–H groups in total. The Labute approximate surface area is 255 Å². The Morgan fingerprint density at radius 3 is 2.12 bits per heavy atom. The molecule has 8 nitrogen and oxygen atoms in total. The first-order valence-electron chi connectivity index (χ1n) is 13.2. The molecule has 0 aliphatic heterocycles. The number of rotatable bonds is 12. The summed E-state index contributed by atoms with van der Waals surface area (Å²) in [4.78, 5) is 29.1. The lowest BCUT2D eigenvalue weighted by molar-refractivity contribution is -0.139. The van der Waals surface area contributed by atoms with Crippen LogP contribution in [0.25, 0.3) is 0 Å². The number of likely N-dealkylation sites (N-methyl/N-ethyl adjacent to an activating group) is 1. The molecule has 0 saturated heterocycles. The van der Waals surface area contributed by atoms with E-state index in [9.17, 15) is 18.0 Å². The van der Waals surface area contributed by atoms with Gasteiger partial charge in [0, 0.05) is 30.6 Å². The third-order valence-electron chi connectivity index (χ3n) is 6.74. The number of sulfonamides is 1. The monoisotopic (exact) mass is 649 g/mol. The van der Waals surface area contributed by atoms with E-state index in [1.165, 1.54) is 31.2 Å². The maximum absolute atomic E-state index is 14.3. The molecule has 4 aromatic rings. The van der Waals surface area contributed by atoms with Gasteiger partial charge in [0.15, 0.2) is 0 Å². The number of carbonyl (C=O) groups excluding carboxylic acids is 2. The second-order valence-electron chi connectivity index (χ2n) is 9.49. The van der Waals surface area contributed by atoms with E-state index in [0.29, 0.717) is 5.75 Å². The molecule has 0 radical (unpaired) electrons. The summed E-state index contributed by atoms with van der Waals surface area (Å²) in [6.07, 6.45) is 0.243. The molecule has 10 heteroatoms. The number of benzene rings is 4. The summed E-state index contributed by atoms with van der Waals surface area (Å²) in [6, 6.07) is 30.4. The van der Waals surface area contributed by atoms with Crippen molar-refractivity contribution >= 4 is 43.5 Å². The minimum Gasteiger partial charge on any atom is -0.497 e. The number of anilines is 1. The lowest BCUT2D eigenvalue weighted by Gasteiger charge is -2.33. The molecule has 2 amide bonds. The Bertz CT molecular complexity index is 1600. The molecule has 0 bridgehead atoms. The van der Waals surface area contributed by atoms with E-state index in [-0.39, 0.29) is 29.5 Å². The van der Waals surface area contributed by atoms with Gasteiger partial charge in [-0.1, -0.05) is 82.7 Å². The van der Waals surface area contributed by atoms with E-state index in [0.717, 1.165) is 19.9 Å². The van der Waals surface area contributed by atoms with Gasteiger partial charge in [0.2, 0.25) is 11.8 Å². The predicted molar refractivity (Wildman–Crippen MR) is 167 cm³/mol. The number of hydrogen-bond donors (Lipinski definition) is 1. The van der Waals surface area contributed by atoms with Crippen molar-refractivity contribution in [3.63, 3.8) is 0 Å². The Morgan fingerprint density at radius 1 is 0.857 bits per heavy atom. The zero-order valence-corrected chi connectivity index (χ0v) is 25.7. The van der Waals surface area contributed by atoms with Crippen molar-refractivity contribution in [1.29, 1.82) is 0 Å². The molecule has 0 heterocycles. The smallest absolute Gasteiger partial charge is 0.264 e. The van der Waals surface area contributed by atoms with Crippen molar-refractivity contribution in [2.75, 3.05) is 25.0 Å². The number of methoxy groups -OCH3 is 1. The van der Waals surface area contributed by atoms with Crippen LogP contribution >= 0.6 is 15.9 Å². The lowest BCUT2D eigenvalue weighted by Crippen LogP contribution is -2.53. The van der Waals surface area contributed by atoms with E-state index >= 15 is 0 Å². The third-order valence-corrected chi connectivity index (χ3v) is 9.05. The first kappa shape index (κ1) is 30.8. The molecule has 0 aromatic heterocycles. The van der Waals surface area contributed by atoms with Crippen molar-refractivity contribution < 1.29 is 22.7 Å². The number of nitrogens with zero attached hydrogens (tertiary/aromatic N) is 2. The summed E-state index contributed by atoms with van der Waals surface area (Å²) < 4.78 is 35.2. The Balaban J connectivity index is 1.79. The van der Waals surface area contributed by atoms with Crippen LogP contribution in [0.4, 0.5) is 5.69 Å². The van der Waals surface area contributed by atoms with E-state index < -0.39 is 28.5 Å². The highest BCUT2D eigenvalue weighted by Gasteiger charge is 2.34. The van der Waals surface area contributed by atoms with Gasteiger partial charge in [-0.2, -0.15) is 0 Å². The van der Waals surface area contributed by atoms with Crippen LogP contribution < -0.4 is 14.4 Å². The van der Waals surface area contributed by atoms with Crippen LogP contribution in [0.1, 0.15) is 11.1 Å². The summed E-state index contributed by atoms with van der Waals surface area (Å²) in [5, 5.41) is 2.68.